The van der Waals surface area contributed by atoms with Crippen LogP contribution in [0.3, 0.4) is 0 Å². The van der Waals surface area contributed by atoms with E-state index in [1.807, 2.05) is 7.05 Å². The highest BCUT2D eigenvalue weighted by atomic mass is 16.2. The third-order valence-corrected chi connectivity index (χ3v) is 4.86. The maximum Gasteiger partial charge on any atom is 0.225 e. The molecule has 0 aliphatic carbocycles. The van der Waals surface area contributed by atoms with Gasteiger partial charge in [0.15, 0.2) is 0 Å². The second kappa shape index (κ2) is 7.05. The van der Waals surface area contributed by atoms with E-state index in [2.05, 4.69) is 25.1 Å². The summed E-state index contributed by atoms with van der Waals surface area (Å²) in [6.07, 6.45) is 9.31. The number of nitrogens with one attached hydrogen (secondary N) is 1. The molecule has 1 N–H and O–H groups in total. The van der Waals surface area contributed by atoms with Crippen LogP contribution in [0.4, 0.5) is 5.82 Å². The van der Waals surface area contributed by atoms with Crippen LogP contribution in [0.5, 0.6) is 0 Å². The lowest BCUT2D eigenvalue weighted by molar-refractivity contribution is -0.137. The molecule has 2 fully saturated rings. The number of anilines is 1. The average molecular weight is 303 g/mol. The number of likely N-dealkylation sites (N-methyl/N-ethyl adjacent to an activating group) is 1. The minimum atomic E-state index is 0.170. The molecule has 0 spiro atoms. The number of carbonyl (C=O) groups excluding carboxylic acids is 1. The van der Waals surface area contributed by atoms with Crippen LogP contribution in [-0.4, -0.2) is 60.0 Å². The van der Waals surface area contributed by atoms with E-state index >= 15 is 0 Å². The van der Waals surface area contributed by atoms with Crippen LogP contribution in [0.15, 0.2) is 18.6 Å². The highest BCUT2D eigenvalue weighted by Crippen LogP contribution is 2.24. The van der Waals surface area contributed by atoms with Gasteiger partial charge < -0.3 is 15.1 Å². The Hall–Kier alpha value is -1.69. The van der Waals surface area contributed by atoms with Gasteiger partial charge in [-0.25, -0.2) is 4.98 Å². The Labute approximate surface area is 131 Å². The van der Waals surface area contributed by atoms with Crippen molar-refractivity contribution in [2.45, 2.75) is 31.7 Å². The zero-order valence-electron chi connectivity index (χ0n) is 13.2. The van der Waals surface area contributed by atoms with E-state index in [1.54, 1.807) is 18.6 Å². The highest BCUT2D eigenvalue weighted by molar-refractivity contribution is 5.79. The SMILES string of the molecule is CNC1CCCN(C(=O)C2CCN(c3cnccn3)CC2)C1. The summed E-state index contributed by atoms with van der Waals surface area (Å²) in [7, 11) is 1.98. The van der Waals surface area contributed by atoms with Crippen LogP contribution in [-0.2, 0) is 4.79 Å². The summed E-state index contributed by atoms with van der Waals surface area (Å²) in [6, 6.07) is 0.456. The number of hydrogen-bond acceptors (Lipinski definition) is 5. The molecule has 1 aromatic heterocycles. The number of rotatable bonds is 3. The van der Waals surface area contributed by atoms with Crippen molar-refractivity contribution in [1.29, 1.82) is 0 Å². The number of likely N-dealkylation sites (tertiary alicyclic amines) is 1. The summed E-state index contributed by atoms with van der Waals surface area (Å²) in [5, 5.41) is 3.30. The monoisotopic (exact) mass is 303 g/mol. The Morgan fingerprint density at radius 2 is 2.05 bits per heavy atom. The zero-order chi connectivity index (χ0) is 15.4. The van der Waals surface area contributed by atoms with Crippen LogP contribution in [0.25, 0.3) is 0 Å². The van der Waals surface area contributed by atoms with Crippen LogP contribution in [0.2, 0.25) is 0 Å². The van der Waals surface area contributed by atoms with Gasteiger partial charge in [-0.2, -0.15) is 0 Å². The lowest BCUT2D eigenvalue weighted by Gasteiger charge is -2.38. The number of aromatic nitrogens is 2. The lowest BCUT2D eigenvalue weighted by Crippen LogP contribution is -2.50. The zero-order valence-corrected chi connectivity index (χ0v) is 13.2. The summed E-state index contributed by atoms with van der Waals surface area (Å²) in [4.78, 5) is 25.5. The molecular weight excluding hydrogens is 278 g/mol. The summed E-state index contributed by atoms with van der Waals surface area (Å²) in [5.41, 5.74) is 0. The number of amides is 1. The van der Waals surface area contributed by atoms with Gasteiger partial charge in [-0.05, 0) is 32.7 Å². The fraction of sp³-hybridized carbons (Fsp3) is 0.688. The fourth-order valence-electron chi connectivity index (χ4n) is 3.48. The van der Waals surface area contributed by atoms with Crippen LogP contribution < -0.4 is 10.2 Å². The van der Waals surface area contributed by atoms with E-state index in [4.69, 9.17) is 0 Å². The Kier molecular flexibility index (Phi) is 4.87. The maximum absolute atomic E-state index is 12.7. The second-order valence-electron chi connectivity index (χ2n) is 6.24. The van der Waals surface area contributed by atoms with Gasteiger partial charge in [0.25, 0.3) is 0 Å². The van der Waals surface area contributed by atoms with Crippen LogP contribution >= 0.6 is 0 Å². The van der Waals surface area contributed by atoms with Crippen molar-refractivity contribution >= 4 is 11.7 Å². The minimum absolute atomic E-state index is 0.170. The van der Waals surface area contributed by atoms with Gasteiger partial charge >= 0.3 is 0 Å². The highest BCUT2D eigenvalue weighted by Gasteiger charge is 2.31. The molecule has 0 aromatic carbocycles. The van der Waals surface area contributed by atoms with E-state index in [0.29, 0.717) is 11.9 Å². The van der Waals surface area contributed by atoms with Gasteiger partial charge in [-0.3, -0.25) is 9.78 Å². The van der Waals surface area contributed by atoms with E-state index in [-0.39, 0.29) is 5.92 Å². The third-order valence-electron chi connectivity index (χ3n) is 4.86. The van der Waals surface area contributed by atoms with Crippen molar-refractivity contribution in [3.8, 4) is 0 Å². The van der Waals surface area contributed by atoms with Crippen molar-refractivity contribution in [3.05, 3.63) is 18.6 Å². The first kappa shape index (κ1) is 15.2. The van der Waals surface area contributed by atoms with E-state index in [9.17, 15) is 4.79 Å². The summed E-state index contributed by atoms with van der Waals surface area (Å²) < 4.78 is 0. The van der Waals surface area contributed by atoms with Gasteiger partial charge in [-0.1, -0.05) is 0 Å². The average Bonchev–Trinajstić information content (AvgIpc) is 2.62. The van der Waals surface area contributed by atoms with Crippen LogP contribution in [0.1, 0.15) is 25.7 Å². The molecule has 2 aliphatic heterocycles. The molecule has 3 heterocycles. The second-order valence-corrected chi connectivity index (χ2v) is 6.24. The Balaban J connectivity index is 1.53. The lowest BCUT2D eigenvalue weighted by atomic mass is 9.94. The Morgan fingerprint density at radius 1 is 1.23 bits per heavy atom. The van der Waals surface area contributed by atoms with Gasteiger partial charge in [0.2, 0.25) is 5.91 Å². The molecule has 1 amide bonds. The molecular formula is C16H25N5O. The number of hydrogen-bond donors (Lipinski definition) is 1. The van der Waals surface area contributed by atoms with Crippen molar-refractivity contribution in [2.24, 2.45) is 5.92 Å². The predicted molar refractivity (Wildman–Crippen MR) is 85.6 cm³/mol. The normalized spacial score (nSPS) is 23.6. The first-order valence-electron chi connectivity index (χ1n) is 8.25. The standard InChI is InChI=1S/C16H25N5O/c1-17-14-3-2-8-21(12-14)16(22)13-4-9-20(10-5-13)15-11-18-6-7-19-15/h6-7,11,13-14,17H,2-5,8-10,12H2,1H3. The van der Waals surface area contributed by atoms with Crippen molar-refractivity contribution < 1.29 is 4.79 Å². The quantitative estimate of drug-likeness (QED) is 0.899. The first-order chi connectivity index (χ1) is 10.8. The molecule has 1 atom stereocenters. The summed E-state index contributed by atoms with van der Waals surface area (Å²) >= 11 is 0. The summed E-state index contributed by atoms with van der Waals surface area (Å²) in [5.74, 6) is 1.43. The molecule has 6 heteroatoms. The molecule has 6 nitrogen and oxygen atoms in total. The summed E-state index contributed by atoms with van der Waals surface area (Å²) in [6.45, 7) is 3.55. The van der Waals surface area contributed by atoms with Gasteiger partial charge in [0, 0.05) is 50.5 Å². The number of nitrogens with zero attached hydrogens (tertiary/aromatic N) is 4. The van der Waals surface area contributed by atoms with Crippen molar-refractivity contribution in [1.82, 2.24) is 20.2 Å². The van der Waals surface area contributed by atoms with Crippen molar-refractivity contribution in [3.63, 3.8) is 0 Å². The van der Waals surface area contributed by atoms with Crippen LogP contribution in [0, 0.1) is 5.92 Å². The predicted octanol–water partition coefficient (Wildman–Crippen LogP) is 0.903. The maximum atomic E-state index is 12.7. The number of carbonyl (C=O) groups is 1. The molecule has 0 radical (unpaired) electrons. The molecule has 22 heavy (non-hydrogen) atoms. The van der Waals surface area contributed by atoms with Gasteiger partial charge in [0.1, 0.15) is 5.82 Å². The first-order valence-corrected chi connectivity index (χ1v) is 8.25. The van der Waals surface area contributed by atoms with E-state index < -0.39 is 0 Å². The topological polar surface area (TPSA) is 61.4 Å². The largest absolute Gasteiger partial charge is 0.355 e. The van der Waals surface area contributed by atoms with Crippen molar-refractivity contribution in [2.75, 3.05) is 38.1 Å². The molecule has 2 aliphatic rings. The van der Waals surface area contributed by atoms with E-state index in [1.165, 1.54) is 6.42 Å². The molecule has 0 bridgehead atoms. The molecule has 1 unspecified atom stereocenters. The minimum Gasteiger partial charge on any atom is -0.355 e. The van der Waals surface area contributed by atoms with Gasteiger partial charge in [-0.15, -0.1) is 0 Å². The fourth-order valence-corrected chi connectivity index (χ4v) is 3.48. The smallest absolute Gasteiger partial charge is 0.225 e. The third kappa shape index (κ3) is 3.38. The Morgan fingerprint density at radius 3 is 2.73 bits per heavy atom. The molecule has 3 rings (SSSR count). The van der Waals surface area contributed by atoms with E-state index in [0.717, 1.165) is 51.3 Å². The molecule has 1 aromatic rings. The number of piperidine rings is 2. The molecule has 0 saturated carbocycles. The van der Waals surface area contributed by atoms with Gasteiger partial charge in [0.05, 0.1) is 6.20 Å². The molecule has 2 saturated heterocycles. The Bertz CT molecular complexity index is 487. The molecule has 120 valence electrons.